The highest BCUT2D eigenvalue weighted by Gasteiger charge is 2.25. The topological polar surface area (TPSA) is 139 Å². The van der Waals surface area contributed by atoms with E-state index in [2.05, 4.69) is 9.97 Å². The maximum atomic E-state index is 10.7. The summed E-state index contributed by atoms with van der Waals surface area (Å²) in [6.45, 7) is 0. The van der Waals surface area contributed by atoms with Gasteiger partial charge in [0.2, 0.25) is 0 Å². The number of nitriles is 1. The van der Waals surface area contributed by atoms with Gasteiger partial charge in [0.05, 0.1) is 39.4 Å². The van der Waals surface area contributed by atoms with Gasteiger partial charge in [-0.05, 0) is 0 Å². The van der Waals surface area contributed by atoms with Crippen LogP contribution in [0.4, 0.5) is 11.4 Å². The van der Waals surface area contributed by atoms with E-state index < -0.39 is 21.2 Å². The molecule has 0 saturated carbocycles. The molecule has 9 nitrogen and oxygen atoms in total. The van der Waals surface area contributed by atoms with Crippen molar-refractivity contribution in [3.05, 3.63) is 38.2 Å². The summed E-state index contributed by atoms with van der Waals surface area (Å²) in [7, 11) is 0. The molecule has 0 spiro atoms. The van der Waals surface area contributed by atoms with Crippen LogP contribution >= 0.6 is 0 Å². The van der Waals surface area contributed by atoms with Crippen LogP contribution in [0.1, 0.15) is 5.82 Å². The molecule has 2 aromatic rings. The van der Waals surface area contributed by atoms with Crippen molar-refractivity contribution in [2.75, 3.05) is 0 Å². The first-order valence-corrected chi connectivity index (χ1v) is 4.71. The average molecular weight is 247 g/mol. The number of hydrogen-bond acceptors (Lipinski definition) is 6. The fourth-order valence-electron chi connectivity index (χ4n) is 1.54. The lowest BCUT2D eigenvalue weighted by Gasteiger charge is -1.94. The molecule has 1 aromatic carbocycles. The summed E-state index contributed by atoms with van der Waals surface area (Å²) in [6.07, 6.45) is -0.00370. The Morgan fingerprint density at radius 3 is 2.44 bits per heavy atom. The van der Waals surface area contributed by atoms with Gasteiger partial charge in [-0.15, -0.1) is 0 Å². The first kappa shape index (κ1) is 11.5. The van der Waals surface area contributed by atoms with Gasteiger partial charge in [0.25, 0.3) is 0 Å². The second-order valence-corrected chi connectivity index (χ2v) is 3.39. The van der Waals surface area contributed by atoms with E-state index in [0.29, 0.717) is 5.82 Å². The van der Waals surface area contributed by atoms with Gasteiger partial charge >= 0.3 is 11.4 Å². The highest BCUT2D eigenvalue weighted by molar-refractivity contribution is 5.82. The molecule has 1 aromatic heterocycles. The number of fused-ring (bicyclic) bond motifs is 1. The van der Waals surface area contributed by atoms with Crippen molar-refractivity contribution in [3.63, 3.8) is 0 Å². The number of hydrogen-bond donors (Lipinski definition) is 1. The van der Waals surface area contributed by atoms with Gasteiger partial charge in [0.1, 0.15) is 5.82 Å². The molecular weight excluding hydrogens is 242 g/mol. The van der Waals surface area contributed by atoms with Gasteiger partial charge in [0.15, 0.2) is 0 Å². The van der Waals surface area contributed by atoms with Crippen LogP contribution in [0, 0.1) is 31.6 Å². The van der Waals surface area contributed by atoms with Crippen LogP contribution in [-0.4, -0.2) is 19.8 Å². The molecule has 0 fully saturated rings. The smallest absolute Gasteiger partial charge is 0.341 e. The number of nitro benzene ring substituents is 2. The monoisotopic (exact) mass is 247 g/mol. The molecule has 0 aliphatic carbocycles. The van der Waals surface area contributed by atoms with E-state index in [9.17, 15) is 20.2 Å². The number of rotatable bonds is 3. The van der Waals surface area contributed by atoms with Crippen LogP contribution in [0.3, 0.4) is 0 Å². The molecule has 9 heteroatoms. The molecule has 0 bridgehead atoms. The van der Waals surface area contributed by atoms with E-state index in [4.69, 9.17) is 5.26 Å². The predicted molar refractivity (Wildman–Crippen MR) is 58.7 cm³/mol. The van der Waals surface area contributed by atoms with Crippen LogP contribution in [0.2, 0.25) is 0 Å². The normalized spacial score (nSPS) is 10.2. The molecule has 0 aliphatic rings. The van der Waals surface area contributed by atoms with Crippen molar-refractivity contribution in [2.45, 2.75) is 6.42 Å². The number of H-pyrrole nitrogens is 1. The van der Waals surface area contributed by atoms with Gasteiger partial charge in [-0.1, -0.05) is 0 Å². The predicted octanol–water partition coefficient (Wildman–Crippen LogP) is 1.45. The Morgan fingerprint density at radius 1 is 1.28 bits per heavy atom. The first-order chi connectivity index (χ1) is 8.52. The average Bonchev–Trinajstić information content (AvgIpc) is 2.68. The van der Waals surface area contributed by atoms with Crippen molar-refractivity contribution in [2.24, 2.45) is 0 Å². The molecule has 0 aliphatic heterocycles. The number of benzene rings is 1. The largest absolute Gasteiger partial charge is 0.348 e. The second kappa shape index (κ2) is 4.10. The molecule has 1 heterocycles. The Morgan fingerprint density at radius 2 is 1.89 bits per heavy atom. The lowest BCUT2D eigenvalue weighted by Crippen LogP contribution is -1.96. The third-order valence-corrected chi connectivity index (χ3v) is 2.27. The zero-order chi connectivity index (χ0) is 13.3. The standard InChI is InChI=1S/C9H5N5O4/c10-2-1-9-11-5-3-7(13(15)16)8(14(17)18)4-6(5)12-9/h3-4H,1H2,(H,11,12). The molecule has 2 rings (SSSR count). The van der Waals surface area contributed by atoms with Crippen LogP contribution in [0.15, 0.2) is 12.1 Å². The maximum Gasteiger partial charge on any atom is 0.348 e. The summed E-state index contributed by atoms with van der Waals surface area (Å²) in [5, 5.41) is 29.9. The summed E-state index contributed by atoms with van der Waals surface area (Å²) >= 11 is 0. The molecular formula is C9H5N5O4. The number of nitro groups is 2. The van der Waals surface area contributed by atoms with E-state index >= 15 is 0 Å². The summed E-state index contributed by atoms with van der Waals surface area (Å²) < 4.78 is 0. The van der Waals surface area contributed by atoms with Gasteiger partial charge < -0.3 is 4.98 Å². The quantitative estimate of drug-likeness (QED) is 0.642. The van der Waals surface area contributed by atoms with Crippen molar-refractivity contribution in [3.8, 4) is 6.07 Å². The highest BCUT2D eigenvalue weighted by atomic mass is 16.6. The number of imidazole rings is 1. The van der Waals surface area contributed by atoms with Crippen molar-refractivity contribution >= 4 is 22.4 Å². The van der Waals surface area contributed by atoms with E-state index in [1.807, 2.05) is 6.07 Å². The molecule has 90 valence electrons. The minimum atomic E-state index is -0.837. The highest BCUT2D eigenvalue weighted by Crippen LogP contribution is 2.30. The summed E-state index contributed by atoms with van der Waals surface area (Å²) in [5.41, 5.74) is -0.725. The molecule has 0 saturated heterocycles. The van der Waals surface area contributed by atoms with Crippen LogP contribution < -0.4 is 0 Å². The lowest BCUT2D eigenvalue weighted by atomic mass is 10.2. The molecule has 0 atom stereocenters. The fourth-order valence-corrected chi connectivity index (χ4v) is 1.54. The van der Waals surface area contributed by atoms with E-state index in [1.165, 1.54) is 0 Å². The first-order valence-electron chi connectivity index (χ1n) is 4.71. The van der Waals surface area contributed by atoms with Crippen molar-refractivity contribution < 1.29 is 9.85 Å². The maximum absolute atomic E-state index is 10.7. The third kappa shape index (κ3) is 1.82. The zero-order valence-electron chi connectivity index (χ0n) is 8.78. The summed E-state index contributed by atoms with van der Waals surface area (Å²) in [5.74, 6) is 0.308. The van der Waals surface area contributed by atoms with Crippen molar-refractivity contribution in [1.82, 2.24) is 9.97 Å². The van der Waals surface area contributed by atoms with Gasteiger partial charge in [0, 0.05) is 6.07 Å². The van der Waals surface area contributed by atoms with Crippen LogP contribution in [-0.2, 0) is 6.42 Å². The van der Waals surface area contributed by atoms with Gasteiger partial charge in [-0.3, -0.25) is 20.2 Å². The Bertz CT molecular complexity index is 648. The lowest BCUT2D eigenvalue weighted by molar-refractivity contribution is -0.422. The van der Waals surface area contributed by atoms with E-state index in [1.54, 1.807) is 0 Å². The van der Waals surface area contributed by atoms with Gasteiger partial charge in [-0.25, -0.2) is 4.98 Å². The SMILES string of the molecule is N#CCc1nc2cc([N+](=O)[O-])c([N+](=O)[O-])cc2[nH]1. The third-order valence-electron chi connectivity index (χ3n) is 2.27. The Hall–Kier alpha value is -3.02. The minimum Gasteiger partial charge on any atom is -0.341 e. The zero-order valence-corrected chi connectivity index (χ0v) is 8.78. The van der Waals surface area contributed by atoms with Crippen LogP contribution in [0.25, 0.3) is 11.0 Å². The fraction of sp³-hybridized carbons (Fsp3) is 0.111. The summed E-state index contributed by atoms with van der Waals surface area (Å²) in [6, 6.07) is 3.92. The van der Waals surface area contributed by atoms with Gasteiger partial charge in [-0.2, -0.15) is 5.26 Å². The molecule has 0 radical (unpaired) electrons. The Labute approximate surface area is 99.0 Å². The number of aromatic amines is 1. The summed E-state index contributed by atoms with van der Waals surface area (Å²) in [4.78, 5) is 26.4. The Kier molecular flexibility index (Phi) is 2.61. The molecule has 1 N–H and O–H groups in total. The molecule has 18 heavy (non-hydrogen) atoms. The van der Waals surface area contributed by atoms with E-state index in [0.717, 1.165) is 12.1 Å². The van der Waals surface area contributed by atoms with Crippen LogP contribution in [0.5, 0.6) is 0 Å². The Balaban J connectivity index is 2.69. The minimum absolute atomic E-state index is 0.00370. The van der Waals surface area contributed by atoms with E-state index in [-0.39, 0.29) is 17.5 Å². The number of nitrogens with one attached hydrogen (secondary N) is 1. The molecule has 0 unspecified atom stereocenters. The number of aromatic nitrogens is 2. The van der Waals surface area contributed by atoms with Crippen molar-refractivity contribution in [1.29, 1.82) is 5.26 Å². The number of nitrogens with zero attached hydrogens (tertiary/aromatic N) is 4. The second-order valence-electron chi connectivity index (χ2n) is 3.39. The molecule has 0 amide bonds.